The number of nitrogens with zero attached hydrogens (tertiary/aromatic N) is 1. The minimum atomic E-state index is -4.09. The van der Waals surface area contributed by atoms with E-state index < -0.39 is 12.7 Å². The number of hydrogen-bond donors (Lipinski definition) is 0. The topological polar surface area (TPSA) is 3.24 Å². The molecular weight excluding hydrogens is 215 g/mol. The average molecular weight is 237 g/mol. The lowest BCUT2D eigenvalue weighted by Gasteiger charge is -2.31. The van der Waals surface area contributed by atoms with Gasteiger partial charge in [0.05, 0.1) is 6.54 Å². The van der Waals surface area contributed by atoms with E-state index in [0.29, 0.717) is 12.5 Å². The highest BCUT2D eigenvalue weighted by molar-refractivity contribution is 4.97. The number of rotatable bonds is 1. The number of likely N-dealkylation sites (tertiary alicyclic amines) is 1. The van der Waals surface area contributed by atoms with Gasteiger partial charge in [0.15, 0.2) is 0 Å². The smallest absolute Gasteiger partial charge is 0.289 e. The lowest BCUT2D eigenvalue weighted by molar-refractivity contribution is -0.153. The van der Waals surface area contributed by atoms with Gasteiger partial charge in [-0.25, -0.2) is 0 Å². The highest BCUT2D eigenvalue weighted by Crippen LogP contribution is 2.42. The second kappa shape index (κ2) is 3.90. The largest absolute Gasteiger partial charge is 0.401 e. The Morgan fingerprint density at radius 3 is 2.00 bits per heavy atom. The molecule has 0 saturated carbocycles. The van der Waals surface area contributed by atoms with Gasteiger partial charge in [-0.15, -0.1) is 0 Å². The van der Waals surface area contributed by atoms with Gasteiger partial charge in [-0.05, 0) is 31.6 Å². The Balaban J connectivity index is 2.74. The Morgan fingerprint density at radius 1 is 1.19 bits per heavy atom. The van der Waals surface area contributed by atoms with E-state index in [4.69, 9.17) is 0 Å². The van der Waals surface area contributed by atoms with Crippen molar-refractivity contribution >= 4 is 0 Å². The molecule has 16 heavy (non-hydrogen) atoms. The molecule has 1 unspecified atom stereocenters. The Bertz CT molecular complexity index is 250. The number of alkyl halides is 3. The molecule has 0 aromatic heterocycles. The van der Waals surface area contributed by atoms with Crippen molar-refractivity contribution in [1.29, 1.82) is 0 Å². The third-order valence-electron chi connectivity index (χ3n) is 3.64. The molecule has 0 aliphatic carbocycles. The fraction of sp³-hybridized carbons (Fsp3) is 1.00. The van der Waals surface area contributed by atoms with E-state index in [2.05, 4.69) is 20.8 Å². The van der Waals surface area contributed by atoms with E-state index in [9.17, 15) is 13.2 Å². The fourth-order valence-electron chi connectivity index (χ4n) is 2.38. The van der Waals surface area contributed by atoms with Crippen LogP contribution in [0.1, 0.15) is 41.0 Å². The first-order valence-corrected chi connectivity index (χ1v) is 5.74. The quantitative estimate of drug-likeness (QED) is 0.672. The standard InChI is InChI=1S/C12H22F3N/c1-10(2,3)9-6-11(4,5)16(7-9)8-12(13,14)15/h9H,6-8H2,1-5H3. The predicted octanol–water partition coefficient (Wildman–Crippen LogP) is 3.70. The maximum Gasteiger partial charge on any atom is 0.401 e. The van der Waals surface area contributed by atoms with Crippen molar-refractivity contribution in [2.24, 2.45) is 11.3 Å². The van der Waals surface area contributed by atoms with Crippen LogP contribution in [0.15, 0.2) is 0 Å². The molecule has 1 nitrogen and oxygen atoms in total. The predicted molar refractivity (Wildman–Crippen MR) is 59.3 cm³/mol. The van der Waals surface area contributed by atoms with E-state index >= 15 is 0 Å². The van der Waals surface area contributed by atoms with Crippen LogP contribution >= 0.6 is 0 Å². The molecule has 0 amide bonds. The zero-order valence-electron chi connectivity index (χ0n) is 10.8. The van der Waals surface area contributed by atoms with Gasteiger partial charge >= 0.3 is 6.18 Å². The van der Waals surface area contributed by atoms with Crippen LogP contribution in [0.5, 0.6) is 0 Å². The van der Waals surface area contributed by atoms with E-state index in [1.165, 1.54) is 0 Å². The van der Waals surface area contributed by atoms with Crippen molar-refractivity contribution in [2.45, 2.75) is 52.8 Å². The summed E-state index contributed by atoms with van der Waals surface area (Å²) >= 11 is 0. The Kier molecular flexibility index (Phi) is 3.36. The molecule has 1 aliphatic rings. The van der Waals surface area contributed by atoms with Gasteiger partial charge in [0.2, 0.25) is 0 Å². The zero-order chi connectivity index (χ0) is 12.8. The number of hydrogen-bond acceptors (Lipinski definition) is 1. The Labute approximate surface area is 96.0 Å². The molecule has 4 heteroatoms. The highest BCUT2D eigenvalue weighted by Gasteiger charge is 2.46. The van der Waals surface area contributed by atoms with Gasteiger partial charge in [0.1, 0.15) is 0 Å². The van der Waals surface area contributed by atoms with Gasteiger partial charge < -0.3 is 0 Å². The highest BCUT2D eigenvalue weighted by atomic mass is 19.4. The maximum absolute atomic E-state index is 12.4. The molecule has 0 bridgehead atoms. The third-order valence-corrected chi connectivity index (χ3v) is 3.64. The fourth-order valence-corrected chi connectivity index (χ4v) is 2.38. The van der Waals surface area contributed by atoms with Crippen LogP contribution in [0.25, 0.3) is 0 Å². The van der Waals surface area contributed by atoms with E-state index in [-0.39, 0.29) is 11.0 Å². The molecule has 0 aromatic carbocycles. The van der Waals surface area contributed by atoms with Gasteiger partial charge in [0.25, 0.3) is 0 Å². The van der Waals surface area contributed by atoms with Gasteiger partial charge in [0, 0.05) is 12.1 Å². The van der Waals surface area contributed by atoms with Gasteiger partial charge in [-0.3, -0.25) is 4.90 Å². The molecule has 0 N–H and O–H groups in total. The number of halogens is 3. The summed E-state index contributed by atoms with van der Waals surface area (Å²) in [7, 11) is 0. The summed E-state index contributed by atoms with van der Waals surface area (Å²) in [4.78, 5) is 1.57. The van der Waals surface area contributed by atoms with E-state index in [1.807, 2.05) is 13.8 Å². The minimum absolute atomic E-state index is 0.0810. The Morgan fingerprint density at radius 2 is 1.69 bits per heavy atom. The summed E-state index contributed by atoms with van der Waals surface area (Å²) in [5, 5.41) is 0. The van der Waals surface area contributed by atoms with Crippen LogP contribution < -0.4 is 0 Å². The SMILES string of the molecule is CC(C)(C)C1CN(CC(F)(F)F)C(C)(C)C1. The summed E-state index contributed by atoms with van der Waals surface area (Å²) in [6.45, 7) is 9.89. The molecule has 1 fully saturated rings. The monoisotopic (exact) mass is 237 g/mol. The van der Waals surface area contributed by atoms with Crippen molar-refractivity contribution < 1.29 is 13.2 Å². The minimum Gasteiger partial charge on any atom is -0.289 e. The van der Waals surface area contributed by atoms with Crippen LogP contribution in [0.2, 0.25) is 0 Å². The van der Waals surface area contributed by atoms with Crippen LogP contribution in [0.4, 0.5) is 13.2 Å². The molecule has 0 radical (unpaired) electrons. The van der Waals surface area contributed by atoms with Crippen LogP contribution in [-0.4, -0.2) is 29.7 Å². The van der Waals surface area contributed by atoms with Gasteiger partial charge in [-0.1, -0.05) is 20.8 Å². The normalized spacial score (nSPS) is 27.4. The molecule has 0 aromatic rings. The van der Waals surface area contributed by atoms with Crippen LogP contribution in [-0.2, 0) is 0 Å². The van der Waals surface area contributed by atoms with E-state index in [0.717, 1.165) is 6.42 Å². The maximum atomic E-state index is 12.4. The average Bonchev–Trinajstić information content (AvgIpc) is 2.22. The molecule has 1 saturated heterocycles. The van der Waals surface area contributed by atoms with Crippen molar-refractivity contribution in [2.75, 3.05) is 13.1 Å². The first-order valence-electron chi connectivity index (χ1n) is 5.74. The Hall–Kier alpha value is -0.250. The van der Waals surface area contributed by atoms with Crippen molar-refractivity contribution in [3.63, 3.8) is 0 Å². The molecule has 0 spiro atoms. The summed E-state index contributed by atoms with van der Waals surface area (Å²) in [5.41, 5.74) is -0.259. The molecule has 1 rings (SSSR count). The lowest BCUT2D eigenvalue weighted by atomic mass is 9.78. The van der Waals surface area contributed by atoms with Crippen molar-refractivity contribution in [1.82, 2.24) is 4.90 Å². The first-order chi connectivity index (χ1) is 6.92. The van der Waals surface area contributed by atoms with Crippen LogP contribution in [0, 0.1) is 11.3 Å². The molecule has 1 atom stereocenters. The lowest BCUT2D eigenvalue weighted by Crippen LogP contribution is -2.43. The summed E-state index contributed by atoms with van der Waals surface area (Å²) in [6.07, 6.45) is -3.25. The third kappa shape index (κ3) is 3.37. The van der Waals surface area contributed by atoms with Crippen LogP contribution in [0.3, 0.4) is 0 Å². The summed E-state index contributed by atoms with van der Waals surface area (Å²) < 4.78 is 37.3. The molecule has 1 aliphatic heterocycles. The zero-order valence-corrected chi connectivity index (χ0v) is 10.8. The molecule has 1 heterocycles. The van der Waals surface area contributed by atoms with E-state index in [1.54, 1.807) is 4.90 Å². The molecule has 96 valence electrons. The van der Waals surface area contributed by atoms with Crippen molar-refractivity contribution in [3.05, 3.63) is 0 Å². The van der Waals surface area contributed by atoms with Crippen molar-refractivity contribution in [3.8, 4) is 0 Å². The second-order valence-electron chi connectivity index (χ2n) is 6.58. The first kappa shape index (κ1) is 13.8. The summed E-state index contributed by atoms with van der Waals surface area (Å²) in [5.74, 6) is 0.338. The second-order valence-corrected chi connectivity index (χ2v) is 6.58. The van der Waals surface area contributed by atoms with Gasteiger partial charge in [-0.2, -0.15) is 13.2 Å². The molecular formula is C12H22F3N. The summed E-state index contributed by atoms with van der Waals surface area (Å²) in [6, 6.07) is 0.